The van der Waals surface area contributed by atoms with Crippen LogP contribution in [0.15, 0.2) is 53.4 Å². The average Bonchev–Trinajstić information content (AvgIpc) is 2.60. The van der Waals surface area contributed by atoms with Gasteiger partial charge in [-0.1, -0.05) is 17.7 Å². The molecule has 0 radical (unpaired) electrons. The van der Waals surface area contributed by atoms with Gasteiger partial charge < -0.3 is 9.64 Å². The predicted molar refractivity (Wildman–Crippen MR) is 105 cm³/mol. The monoisotopic (exact) mass is 408 g/mol. The number of amides is 1. The standard InChI is InChI=1S/C19H21ClN2O4S/c1-13-11-22(12-14(2)26-13)19(23)15-6-8-17(9-7-15)21-27(24,25)18-5-3-4-16(20)10-18/h3-10,13-14,21H,11-12H2,1-2H3/t13-,14-/m1/s1. The van der Waals surface area contributed by atoms with Crippen molar-refractivity contribution in [3.63, 3.8) is 0 Å². The highest BCUT2D eigenvalue weighted by Gasteiger charge is 2.26. The van der Waals surface area contributed by atoms with Gasteiger partial charge in [-0.3, -0.25) is 9.52 Å². The summed E-state index contributed by atoms with van der Waals surface area (Å²) in [6.45, 7) is 4.94. The minimum Gasteiger partial charge on any atom is -0.372 e. The third-order valence-electron chi connectivity index (χ3n) is 4.20. The molecule has 0 unspecified atom stereocenters. The molecule has 2 atom stereocenters. The van der Waals surface area contributed by atoms with Crippen LogP contribution in [0.25, 0.3) is 0 Å². The number of benzene rings is 2. The van der Waals surface area contributed by atoms with E-state index in [-0.39, 0.29) is 23.0 Å². The third kappa shape index (κ3) is 4.80. The number of halogens is 1. The van der Waals surface area contributed by atoms with Crippen molar-refractivity contribution in [1.29, 1.82) is 0 Å². The van der Waals surface area contributed by atoms with Crippen LogP contribution >= 0.6 is 11.6 Å². The SMILES string of the molecule is C[C@@H]1CN(C(=O)c2ccc(NS(=O)(=O)c3cccc(Cl)c3)cc2)C[C@@H](C)O1. The second-order valence-corrected chi connectivity index (χ2v) is 8.73. The van der Waals surface area contributed by atoms with Gasteiger partial charge in [0.05, 0.1) is 17.1 Å². The normalized spacial score (nSPS) is 20.3. The summed E-state index contributed by atoms with van der Waals surface area (Å²) in [5, 5.41) is 0.341. The van der Waals surface area contributed by atoms with E-state index in [4.69, 9.17) is 16.3 Å². The molecule has 1 fully saturated rings. The third-order valence-corrected chi connectivity index (χ3v) is 5.81. The van der Waals surface area contributed by atoms with Gasteiger partial charge in [-0.15, -0.1) is 0 Å². The molecule has 27 heavy (non-hydrogen) atoms. The fourth-order valence-corrected chi connectivity index (χ4v) is 4.41. The first-order valence-corrected chi connectivity index (χ1v) is 10.4. The number of carbonyl (C=O) groups excluding carboxylic acids is 1. The van der Waals surface area contributed by atoms with Gasteiger partial charge in [0.1, 0.15) is 0 Å². The van der Waals surface area contributed by atoms with E-state index in [2.05, 4.69) is 4.72 Å². The smallest absolute Gasteiger partial charge is 0.261 e. The van der Waals surface area contributed by atoms with Gasteiger partial charge in [0.2, 0.25) is 0 Å². The van der Waals surface area contributed by atoms with Crippen LogP contribution in [0.4, 0.5) is 5.69 Å². The topological polar surface area (TPSA) is 75.7 Å². The number of hydrogen-bond acceptors (Lipinski definition) is 4. The maximum atomic E-state index is 12.7. The molecule has 6 nitrogen and oxygen atoms in total. The number of hydrogen-bond donors (Lipinski definition) is 1. The Morgan fingerprint density at radius 2 is 1.74 bits per heavy atom. The highest BCUT2D eigenvalue weighted by Crippen LogP contribution is 2.21. The number of nitrogens with zero attached hydrogens (tertiary/aromatic N) is 1. The fraction of sp³-hybridized carbons (Fsp3) is 0.316. The average molecular weight is 409 g/mol. The van der Waals surface area contributed by atoms with E-state index in [0.29, 0.717) is 29.4 Å². The van der Waals surface area contributed by atoms with Gasteiger partial charge in [0.15, 0.2) is 0 Å². The summed E-state index contributed by atoms with van der Waals surface area (Å²) in [6, 6.07) is 12.4. The first-order chi connectivity index (χ1) is 12.7. The lowest BCUT2D eigenvalue weighted by atomic mass is 10.1. The summed E-state index contributed by atoms with van der Waals surface area (Å²) < 4.78 is 33.0. The molecule has 2 aromatic rings. The highest BCUT2D eigenvalue weighted by atomic mass is 35.5. The molecular formula is C19H21ClN2O4S. The van der Waals surface area contributed by atoms with Gasteiger partial charge in [0.25, 0.3) is 15.9 Å². The summed E-state index contributed by atoms with van der Waals surface area (Å²) in [7, 11) is -3.75. The minimum absolute atomic E-state index is 0.0125. The Balaban J connectivity index is 1.72. The first-order valence-electron chi connectivity index (χ1n) is 8.58. The minimum atomic E-state index is -3.75. The summed E-state index contributed by atoms with van der Waals surface area (Å²) in [6.07, 6.45) is -0.0250. The molecule has 144 valence electrons. The van der Waals surface area contributed by atoms with Gasteiger partial charge >= 0.3 is 0 Å². The van der Waals surface area contributed by atoms with Crippen LogP contribution in [0.2, 0.25) is 5.02 Å². The summed E-state index contributed by atoms with van der Waals surface area (Å²) in [5.74, 6) is -0.0961. The van der Waals surface area contributed by atoms with Crippen molar-refractivity contribution < 1.29 is 17.9 Å². The number of carbonyl (C=O) groups is 1. The Morgan fingerprint density at radius 3 is 2.33 bits per heavy atom. The predicted octanol–water partition coefficient (Wildman–Crippen LogP) is 3.39. The van der Waals surface area contributed by atoms with E-state index in [9.17, 15) is 13.2 Å². The lowest BCUT2D eigenvalue weighted by molar-refractivity contribution is -0.0586. The number of ether oxygens (including phenoxy) is 1. The lowest BCUT2D eigenvalue weighted by Gasteiger charge is -2.35. The summed E-state index contributed by atoms with van der Waals surface area (Å²) in [4.78, 5) is 14.5. The molecular weight excluding hydrogens is 388 g/mol. The zero-order valence-corrected chi connectivity index (χ0v) is 16.6. The maximum absolute atomic E-state index is 12.7. The summed E-state index contributed by atoms with van der Waals surface area (Å²) >= 11 is 5.86. The van der Waals surface area contributed by atoms with Crippen LogP contribution < -0.4 is 4.72 Å². The number of morpholine rings is 1. The van der Waals surface area contributed by atoms with Gasteiger partial charge in [-0.2, -0.15) is 0 Å². The Bertz CT molecular complexity index is 921. The number of anilines is 1. The van der Waals surface area contributed by atoms with E-state index in [1.54, 1.807) is 41.3 Å². The first kappa shape index (κ1) is 19.7. The summed E-state index contributed by atoms with van der Waals surface area (Å²) in [5.41, 5.74) is 0.872. The Labute approximate surface area is 164 Å². The Kier molecular flexibility index (Phi) is 5.74. The zero-order valence-electron chi connectivity index (χ0n) is 15.1. The molecule has 1 heterocycles. The molecule has 1 amide bonds. The molecule has 1 aliphatic heterocycles. The van der Waals surface area contributed by atoms with Crippen molar-refractivity contribution in [2.45, 2.75) is 31.0 Å². The molecule has 0 spiro atoms. The van der Waals surface area contributed by atoms with Crippen molar-refractivity contribution in [2.75, 3.05) is 17.8 Å². The number of sulfonamides is 1. The molecule has 0 aromatic heterocycles. The van der Waals surface area contributed by atoms with Crippen LogP contribution in [-0.2, 0) is 14.8 Å². The van der Waals surface area contributed by atoms with Crippen molar-refractivity contribution in [3.8, 4) is 0 Å². The van der Waals surface area contributed by atoms with Crippen molar-refractivity contribution >= 4 is 33.2 Å². The molecule has 1 aliphatic rings. The van der Waals surface area contributed by atoms with Gasteiger partial charge in [0, 0.05) is 29.4 Å². The fourth-order valence-electron chi connectivity index (χ4n) is 3.06. The van der Waals surface area contributed by atoms with Crippen molar-refractivity contribution in [2.24, 2.45) is 0 Å². The van der Waals surface area contributed by atoms with E-state index in [1.807, 2.05) is 13.8 Å². The lowest BCUT2D eigenvalue weighted by Crippen LogP contribution is -2.48. The largest absolute Gasteiger partial charge is 0.372 e. The van der Waals surface area contributed by atoms with Crippen LogP contribution in [0.5, 0.6) is 0 Å². The zero-order chi connectivity index (χ0) is 19.6. The van der Waals surface area contributed by atoms with E-state index in [0.717, 1.165) is 0 Å². The van der Waals surface area contributed by atoms with Gasteiger partial charge in [-0.05, 0) is 56.3 Å². The molecule has 1 N–H and O–H groups in total. The Morgan fingerprint density at radius 1 is 1.11 bits per heavy atom. The second-order valence-electron chi connectivity index (χ2n) is 6.61. The molecule has 0 saturated carbocycles. The molecule has 0 aliphatic carbocycles. The van der Waals surface area contributed by atoms with Crippen molar-refractivity contribution in [1.82, 2.24) is 4.90 Å². The molecule has 1 saturated heterocycles. The molecule has 0 bridgehead atoms. The van der Waals surface area contributed by atoms with Gasteiger partial charge in [-0.25, -0.2) is 8.42 Å². The molecule has 8 heteroatoms. The van der Waals surface area contributed by atoms with Crippen LogP contribution in [0.1, 0.15) is 24.2 Å². The maximum Gasteiger partial charge on any atom is 0.261 e. The van der Waals surface area contributed by atoms with E-state index < -0.39 is 10.0 Å². The van der Waals surface area contributed by atoms with Crippen molar-refractivity contribution in [3.05, 3.63) is 59.1 Å². The van der Waals surface area contributed by atoms with Crippen LogP contribution in [-0.4, -0.2) is 44.5 Å². The quantitative estimate of drug-likeness (QED) is 0.841. The van der Waals surface area contributed by atoms with Crippen LogP contribution in [0.3, 0.4) is 0 Å². The highest BCUT2D eigenvalue weighted by molar-refractivity contribution is 7.92. The van der Waals surface area contributed by atoms with E-state index in [1.165, 1.54) is 12.1 Å². The molecule has 2 aromatic carbocycles. The second kappa shape index (κ2) is 7.88. The number of rotatable bonds is 4. The Hall–Kier alpha value is -2.09. The van der Waals surface area contributed by atoms with E-state index >= 15 is 0 Å². The molecule has 3 rings (SSSR count). The van der Waals surface area contributed by atoms with Crippen LogP contribution in [0, 0.1) is 0 Å². The number of nitrogens with one attached hydrogen (secondary N) is 1.